The Morgan fingerprint density at radius 2 is 1.53 bits per heavy atom. The fourth-order valence-electron chi connectivity index (χ4n) is 10.8. The van der Waals surface area contributed by atoms with Crippen LogP contribution in [-0.4, -0.2) is 124 Å². The second-order valence-electron chi connectivity index (χ2n) is 22.2. The maximum atomic E-state index is 13.9. The predicted molar refractivity (Wildman–Crippen MR) is 334 cm³/mol. The molecule has 4 aliphatic rings. The average Bonchev–Trinajstić information content (AvgIpc) is 3.65. The lowest BCUT2D eigenvalue weighted by Crippen LogP contribution is -2.36. The lowest BCUT2D eigenvalue weighted by atomic mass is 9.89. The number of urea groups is 1. The third-order valence-electron chi connectivity index (χ3n) is 15.5. The van der Waals surface area contributed by atoms with Crippen molar-refractivity contribution in [3.05, 3.63) is 130 Å². The van der Waals surface area contributed by atoms with Crippen molar-refractivity contribution in [2.75, 3.05) is 71.7 Å². The molecule has 6 N–H and O–H groups in total. The average molecular weight is 1170 g/mol. The van der Waals surface area contributed by atoms with E-state index in [4.69, 9.17) is 26.1 Å². The first-order valence-corrected chi connectivity index (χ1v) is 30.5. The molecular formula is C65H80N7O9S2+. The zero-order valence-electron chi connectivity index (χ0n) is 48.7. The molecule has 0 aromatic heterocycles. The van der Waals surface area contributed by atoms with E-state index in [1.165, 1.54) is 6.07 Å². The Kier molecular flexibility index (Phi) is 22.0. The molecule has 16 nitrogen and oxygen atoms in total. The summed E-state index contributed by atoms with van der Waals surface area (Å²) in [6, 6.07) is 30.8. The van der Waals surface area contributed by atoms with Crippen molar-refractivity contribution in [1.29, 1.82) is 0 Å². The van der Waals surface area contributed by atoms with Crippen molar-refractivity contribution in [3.63, 3.8) is 0 Å². The molecule has 0 spiro atoms. The first kappa shape index (κ1) is 61.6. The van der Waals surface area contributed by atoms with Crippen LogP contribution in [-0.2, 0) is 16.0 Å². The van der Waals surface area contributed by atoms with Crippen molar-refractivity contribution < 1.29 is 43.0 Å². The fraction of sp³-hybridized carbons (Fsp3) is 0.431. The number of para-hydroxylation sites is 1. The number of ether oxygens (including phenoxy) is 2. The summed E-state index contributed by atoms with van der Waals surface area (Å²) in [6.45, 7) is 6.15. The Morgan fingerprint density at radius 3 is 2.30 bits per heavy atom. The van der Waals surface area contributed by atoms with Gasteiger partial charge in [0.15, 0.2) is 0 Å². The number of thioether (sulfide) groups is 1. The van der Waals surface area contributed by atoms with Gasteiger partial charge in [0.1, 0.15) is 50.2 Å². The van der Waals surface area contributed by atoms with Gasteiger partial charge >= 0.3 is 12.0 Å². The van der Waals surface area contributed by atoms with E-state index in [-0.39, 0.29) is 52.9 Å². The van der Waals surface area contributed by atoms with E-state index in [0.717, 1.165) is 99.3 Å². The molecule has 5 amide bonds. The van der Waals surface area contributed by atoms with Crippen LogP contribution >= 0.6 is 24.0 Å². The Balaban J connectivity index is 0.818. The van der Waals surface area contributed by atoms with E-state index in [0.29, 0.717) is 99.1 Å². The molecule has 0 bridgehead atoms. The van der Waals surface area contributed by atoms with Gasteiger partial charge in [-0.25, -0.2) is 14.2 Å². The minimum absolute atomic E-state index is 0.00203. The Morgan fingerprint density at radius 1 is 0.795 bits per heavy atom. The molecule has 18 heteroatoms. The standard InChI is InChI=1S/C65H79N7O9S2/c1-41-16-8-9-18-54(41)79-32-33-80-55-35-43(22-21-42(55)2)34-48(82)36-44(17-12-15-29-66-59(73)20-11-10-19-58-61-53(40-83-58)69-65(78)70-61)62(74)67-30-13-7-14-31-68-63(75)45-23-26-49(52(37-45)64(76)77)60-50-27-24-46(71(3)4)38-56(50)81-57-39-47(72(5)6)25-28-51(57)60/h8-9,16,18,21-28,35,37-39,44,53,58,61H,7,10-15,17,19-20,29-34,36,40H2,1-6H3,(H5-,66,67,68,69,70,73,74,75,76,77,78)/p+1. The number of carbonyl (C=O) groups is 5. The topological polar surface area (TPSA) is 204 Å². The van der Waals surface area contributed by atoms with Gasteiger partial charge in [0, 0.05) is 103 Å². The molecule has 0 radical (unpaired) electrons. The number of amides is 5. The maximum Gasteiger partial charge on any atom is 0.336 e. The van der Waals surface area contributed by atoms with E-state index in [2.05, 4.69) is 26.6 Å². The molecule has 4 atom stereocenters. The first-order valence-electron chi connectivity index (χ1n) is 29.0. The van der Waals surface area contributed by atoms with Crippen LogP contribution in [0.4, 0.5) is 10.5 Å². The Bertz CT molecular complexity index is 3340. The van der Waals surface area contributed by atoms with Crippen molar-refractivity contribution in [2.45, 2.75) is 108 Å². The van der Waals surface area contributed by atoms with Crippen molar-refractivity contribution in [1.82, 2.24) is 31.2 Å². The summed E-state index contributed by atoms with van der Waals surface area (Å²) in [6.07, 6.45) is 8.22. The van der Waals surface area contributed by atoms with Gasteiger partial charge in [-0.2, -0.15) is 11.8 Å². The number of hydrogen-bond acceptors (Lipinski definition) is 11. The molecule has 2 saturated heterocycles. The Labute approximate surface area is 496 Å². The quantitative estimate of drug-likeness (QED) is 0.00821. The van der Waals surface area contributed by atoms with Crippen LogP contribution in [0.25, 0.3) is 33.4 Å². The van der Waals surface area contributed by atoms with Gasteiger partial charge in [-0.05, 0) is 135 Å². The van der Waals surface area contributed by atoms with Gasteiger partial charge < -0.3 is 50.5 Å². The lowest BCUT2D eigenvalue weighted by molar-refractivity contribution is -0.125. The first-order chi connectivity index (χ1) is 40.0. The number of fused-ring (bicyclic) bond motifs is 3. The van der Waals surface area contributed by atoms with E-state index in [1.807, 2.05) is 142 Å². The largest absolute Gasteiger partial charge is 0.490 e. The number of benzene rings is 5. The number of unbranched alkanes of at least 4 members (excludes halogenated alkanes) is 4. The molecule has 0 saturated carbocycles. The molecule has 4 aromatic rings. The van der Waals surface area contributed by atoms with E-state index in [1.54, 1.807) is 12.1 Å². The fourth-order valence-corrected chi connectivity index (χ4v) is 12.7. The van der Waals surface area contributed by atoms with Crippen LogP contribution in [0.5, 0.6) is 11.5 Å². The van der Waals surface area contributed by atoms with Gasteiger partial charge in [-0.3, -0.25) is 14.4 Å². The summed E-state index contributed by atoms with van der Waals surface area (Å²) < 4.78 is 20.5. The van der Waals surface area contributed by atoms with Gasteiger partial charge in [-0.15, -0.1) is 0 Å². The summed E-state index contributed by atoms with van der Waals surface area (Å²) in [5.74, 6) is 1.20. The van der Waals surface area contributed by atoms with E-state index in [9.17, 15) is 29.1 Å². The number of carbonyl (C=O) groups excluding carboxylic acids is 4. The van der Waals surface area contributed by atoms with Crippen LogP contribution in [0.2, 0.25) is 0 Å². The van der Waals surface area contributed by atoms with Gasteiger partial charge in [0.05, 0.1) is 23.7 Å². The molecular weight excluding hydrogens is 1090 g/mol. The highest BCUT2D eigenvalue weighted by Gasteiger charge is 2.42. The number of nitrogens with zero attached hydrogens (tertiary/aromatic N) is 2. The highest BCUT2D eigenvalue weighted by Crippen LogP contribution is 2.42. The number of hydrogen-bond donors (Lipinski definition) is 6. The highest BCUT2D eigenvalue weighted by atomic mass is 32.2. The van der Waals surface area contributed by atoms with Crippen LogP contribution in [0, 0.1) is 19.8 Å². The molecule has 3 aliphatic heterocycles. The molecule has 4 aromatic carbocycles. The molecule has 8 rings (SSSR count). The summed E-state index contributed by atoms with van der Waals surface area (Å²) in [5.41, 5.74) is 6.78. The SMILES string of the molecule is Cc1ccccc1OCCOc1cc(CC(=S)CC(CCCCNC(=O)CCCCC2SCC3NC(=O)NC32)C(=O)NCCCCCNC(=O)c2ccc(-c3c4ccc(=[N+](C)C)cc-4oc4cc(N(C)C)ccc34)c(C(=O)O)c2)ccc1C. The zero-order valence-corrected chi connectivity index (χ0v) is 50.3. The van der Waals surface area contributed by atoms with E-state index >= 15 is 0 Å². The predicted octanol–water partition coefficient (Wildman–Crippen LogP) is 9.72. The summed E-state index contributed by atoms with van der Waals surface area (Å²) in [5, 5.41) is 27.8. The summed E-state index contributed by atoms with van der Waals surface area (Å²) in [7, 11) is 7.79. The molecule has 1 aliphatic carbocycles. The minimum Gasteiger partial charge on any atom is -0.490 e. The third-order valence-corrected chi connectivity index (χ3v) is 17.3. The van der Waals surface area contributed by atoms with Crippen molar-refractivity contribution in [2.24, 2.45) is 5.92 Å². The lowest BCUT2D eigenvalue weighted by Gasteiger charge is -2.19. The number of anilines is 1. The number of nitrogens with one attached hydrogen (secondary N) is 5. The summed E-state index contributed by atoms with van der Waals surface area (Å²) in [4.78, 5) is 67.7. The molecule has 2 fully saturated rings. The number of thiocarbonyl (C=S) groups is 1. The van der Waals surface area contributed by atoms with Crippen LogP contribution in [0.1, 0.15) is 108 Å². The second kappa shape index (κ2) is 29.7. The smallest absolute Gasteiger partial charge is 0.336 e. The maximum absolute atomic E-state index is 13.9. The van der Waals surface area contributed by atoms with Crippen LogP contribution in [0.15, 0.2) is 101 Å². The molecule has 3 heterocycles. The number of rotatable bonds is 30. The number of aryl methyl sites for hydroxylation is 2. The third kappa shape index (κ3) is 16.9. The number of carboxylic acids is 1. The number of carboxylic acid groups (broad SMARTS) is 1. The molecule has 440 valence electrons. The monoisotopic (exact) mass is 1170 g/mol. The molecule has 83 heavy (non-hydrogen) atoms. The van der Waals surface area contributed by atoms with Crippen LogP contribution in [0.3, 0.4) is 0 Å². The normalized spacial score (nSPS) is 15.7. The van der Waals surface area contributed by atoms with E-state index < -0.39 is 5.97 Å². The van der Waals surface area contributed by atoms with Gasteiger partial charge in [0.2, 0.25) is 17.2 Å². The summed E-state index contributed by atoms with van der Waals surface area (Å²) >= 11 is 7.87. The van der Waals surface area contributed by atoms with Crippen molar-refractivity contribution in [3.8, 4) is 33.9 Å². The van der Waals surface area contributed by atoms with Gasteiger partial charge in [0.25, 0.3) is 5.91 Å². The van der Waals surface area contributed by atoms with Crippen LogP contribution < -0.4 is 50.9 Å². The highest BCUT2D eigenvalue weighted by molar-refractivity contribution is 8.00. The minimum atomic E-state index is -1.15. The second-order valence-corrected chi connectivity index (χ2v) is 24.0. The molecule has 4 unspecified atom stereocenters. The van der Waals surface area contributed by atoms with Crippen molar-refractivity contribution >= 4 is 75.2 Å². The number of aromatic carboxylic acids is 1. The van der Waals surface area contributed by atoms with Gasteiger partial charge in [-0.1, -0.05) is 61.5 Å². The zero-order chi connectivity index (χ0) is 59.0. The Hall–Kier alpha value is -7.44.